The van der Waals surface area contributed by atoms with Crippen molar-refractivity contribution in [3.05, 3.63) is 89.1 Å². The van der Waals surface area contributed by atoms with Crippen molar-refractivity contribution in [2.24, 2.45) is 0 Å². The molecule has 180 valence electrons. The number of hydrogen-bond acceptors (Lipinski definition) is 5. The largest absolute Gasteiger partial charge is 0.508 e. The Bertz CT molecular complexity index is 1360. The summed E-state index contributed by atoms with van der Waals surface area (Å²) in [6.45, 7) is 1.28. The molecule has 2 heterocycles. The lowest BCUT2D eigenvalue weighted by Crippen LogP contribution is -2.37. The predicted octanol–water partition coefficient (Wildman–Crippen LogP) is 4.19. The van der Waals surface area contributed by atoms with E-state index in [4.69, 9.17) is 9.47 Å². The van der Waals surface area contributed by atoms with E-state index in [1.54, 1.807) is 19.2 Å². The van der Waals surface area contributed by atoms with Crippen molar-refractivity contribution in [3.8, 4) is 17.2 Å². The number of methoxy groups -OCH3 is 1. The maximum Gasteiger partial charge on any atom is 0.217 e. The third-order valence-electron chi connectivity index (χ3n) is 6.57. The highest BCUT2D eigenvalue weighted by atomic mass is 16.5. The molecule has 4 aromatic rings. The number of hydrogen-bond donors (Lipinski definition) is 4. The third-order valence-corrected chi connectivity index (χ3v) is 6.57. The lowest BCUT2D eigenvalue weighted by Gasteiger charge is -2.22. The number of nitrogens with one attached hydrogen (secondary N) is 2. The first-order valence-corrected chi connectivity index (χ1v) is 11.6. The van der Waals surface area contributed by atoms with Gasteiger partial charge in [-0.1, -0.05) is 36.4 Å². The van der Waals surface area contributed by atoms with Gasteiger partial charge in [0.15, 0.2) is 0 Å². The fourth-order valence-corrected chi connectivity index (χ4v) is 5.00. The van der Waals surface area contributed by atoms with Crippen LogP contribution in [0.1, 0.15) is 41.3 Å². The summed E-state index contributed by atoms with van der Waals surface area (Å²) in [6.07, 6.45) is 0.109. The van der Waals surface area contributed by atoms with Crippen molar-refractivity contribution in [1.82, 2.24) is 10.3 Å². The number of aromatic hydroxyl groups is 1. The molecule has 1 aliphatic heterocycles. The second kappa shape index (κ2) is 9.35. The van der Waals surface area contributed by atoms with Crippen LogP contribution in [0, 0.1) is 0 Å². The maximum atomic E-state index is 11.8. The van der Waals surface area contributed by atoms with Gasteiger partial charge in [0.1, 0.15) is 23.4 Å². The van der Waals surface area contributed by atoms with Gasteiger partial charge in [-0.25, -0.2) is 0 Å². The third kappa shape index (κ3) is 4.31. The number of para-hydroxylation sites is 1. The quantitative estimate of drug-likeness (QED) is 0.323. The molecule has 7 heteroatoms. The van der Waals surface area contributed by atoms with Gasteiger partial charge in [-0.3, -0.25) is 4.79 Å². The monoisotopic (exact) mass is 472 g/mol. The SMILES string of the molecule is COc1ccc2c(c1)O[C@@H](c1ccc(O)cc1)[C@@H]2c1[nH]c2ccccc2c1C[C@@H](CO)NC(C)=O. The minimum Gasteiger partial charge on any atom is -0.508 e. The van der Waals surface area contributed by atoms with Crippen LogP contribution in [-0.4, -0.2) is 40.9 Å². The average molecular weight is 473 g/mol. The molecule has 0 fully saturated rings. The first-order valence-electron chi connectivity index (χ1n) is 11.6. The van der Waals surface area contributed by atoms with Crippen LogP contribution >= 0.6 is 0 Å². The van der Waals surface area contributed by atoms with Crippen LogP contribution in [0.2, 0.25) is 0 Å². The van der Waals surface area contributed by atoms with Crippen molar-refractivity contribution in [2.45, 2.75) is 31.4 Å². The summed E-state index contributed by atoms with van der Waals surface area (Å²) >= 11 is 0. The minimum atomic E-state index is -0.421. The normalized spacial score (nSPS) is 17.6. The molecule has 1 amide bonds. The molecule has 5 rings (SSSR count). The first-order chi connectivity index (χ1) is 17.0. The molecule has 0 saturated heterocycles. The molecule has 0 unspecified atom stereocenters. The van der Waals surface area contributed by atoms with Crippen molar-refractivity contribution in [3.63, 3.8) is 0 Å². The average Bonchev–Trinajstić information content (AvgIpc) is 3.41. The molecule has 0 spiro atoms. The molecule has 3 aromatic carbocycles. The molecule has 3 atom stereocenters. The van der Waals surface area contributed by atoms with Gasteiger partial charge in [-0.2, -0.15) is 0 Å². The zero-order valence-corrected chi connectivity index (χ0v) is 19.6. The minimum absolute atomic E-state index is 0.172. The van der Waals surface area contributed by atoms with Crippen LogP contribution in [0.4, 0.5) is 0 Å². The molecule has 0 aliphatic carbocycles. The first kappa shape index (κ1) is 22.8. The smallest absolute Gasteiger partial charge is 0.217 e. The van der Waals surface area contributed by atoms with Crippen LogP contribution in [0.5, 0.6) is 17.2 Å². The maximum absolute atomic E-state index is 11.8. The van der Waals surface area contributed by atoms with E-state index in [0.29, 0.717) is 12.2 Å². The van der Waals surface area contributed by atoms with Crippen molar-refractivity contribution in [2.75, 3.05) is 13.7 Å². The van der Waals surface area contributed by atoms with Gasteiger partial charge in [0.05, 0.1) is 25.7 Å². The number of ether oxygens (including phenoxy) is 2. The lowest BCUT2D eigenvalue weighted by atomic mass is 9.85. The molecule has 0 saturated carbocycles. The molecule has 35 heavy (non-hydrogen) atoms. The second-order valence-corrected chi connectivity index (χ2v) is 8.86. The van der Waals surface area contributed by atoms with E-state index in [1.807, 2.05) is 54.6 Å². The van der Waals surface area contributed by atoms with E-state index in [2.05, 4.69) is 10.3 Å². The number of phenolic OH excluding ortho intramolecular Hbond substituents is 1. The molecule has 1 aromatic heterocycles. The fraction of sp³-hybridized carbons (Fsp3) is 0.250. The molecule has 1 aliphatic rings. The predicted molar refractivity (Wildman–Crippen MR) is 133 cm³/mol. The summed E-state index contributed by atoms with van der Waals surface area (Å²) in [5.74, 6) is 1.26. The Labute approximate surface area is 203 Å². The number of carbonyl (C=O) groups is 1. The highest BCUT2D eigenvalue weighted by molar-refractivity contribution is 5.85. The van der Waals surface area contributed by atoms with E-state index in [-0.39, 0.29) is 30.3 Å². The van der Waals surface area contributed by atoms with E-state index in [1.165, 1.54) is 6.92 Å². The summed E-state index contributed by atoms with van der Waals surface area (Å²) in [6, 6.07) is 20.5. The summed E-state index contributed by atoms with van der Waals surface area (Å²) in [4.78, 5) is 15.4. The molecule has 0 bridgehead atoms. The fourth-order valence-electron chi connectivity index (χ4n) is 5.00. The van der Waals surface area contributed by atoms with Crippen molar-refractivity contribution < 1.29 is 24.5 Å². The number of fused-ring (bicyclic) bond motifs is 2. The van der Waals surface area contributed by atoms with Crippen LogP contribution in [0.15, 0.2) is 66.7 Å². The van der Waals surface area contributed by atoms with Gasteiger partial charge in [-0.15, -0.1) is 0 Å². The Kier molecular flexibility index (Phi) is 6.09. The van der Waals surface area contributed by atoms with Gasteiger partial charge in [0.25, 0.3) is 0 Å². The van der Waals surface area contributed by atoms with Crippen LogP contribution < -0.4 is 14.8 Å². The van der Waals surface area contributed by atoms with E-state index < -0.39 is 6.04 Å². The molecule has 0 radical (unpaired) electrons. The number of aromatic amines is 1. The van der Waals surface area contributed by atoms with E-state index in [9.17, 15) is 15.0 Å². The van der Waals surface area contributed by atoms with Gasteiger partial charge < -0.3 is 30.0 Å². The van der Waals surface area contributed by atoms with Gasteiger partial charge in [0.2, 0.25) is 5.91 Å². The van der Waals surface area contributed by atoms with Crippen LogP contribution in [0.25, 0.3) is 10.9 Å². The summed E-state index contributed by atoms with van der Waals surface area (Å²) in [5, 5.41) is 23.7. The van der Waals surface area contributed by atoms with Gasteiger partial charge in [-0.05, 0) is 41.8 Å². The molecular weight excluding hydrogens is 444 g/mol. The number of benzene rings is 3. The Morgan fingerprint density at radius 2 is 1.91 bits per heavy atom. The number of rotatable bonds is 7. The zero-order chi connectivity index (χ0) is 24.5. The molecule has 4 N–H and O–H groups in total. The van der Waals surface area contributed by atoms with Gasteiger partial charge >= 0.3 is 0 Å². The highest BCUT2D eigenvalue weighted by Gasteiger charge is 2.39. The molecular formula is C28H28N2O5. The Morgan fingerprint density at radius 3 is 2.63 bits per heavy atom. The highest BCUT2D eigenvalue weighted by Crippen LogP contribution is 2.51. The summed E-state index contributed by atoms with van der Waals surface area (Å²) in [5.41, 5.74) is 4.90. The van der Waals surface area contributed by atoms with Crippen molar-refractivity contribution in [1.29, 1.82) is 0 Å². The Balaban J connectivity index is 1.68. The number of aromatic nitrogens is 1. The second-order valence-electron chi connectivity index (χ2n) is 8.86. The number of phenols is 1. The topological polar surface area (TPSA) is 104 Å². The Morgan fingerprint density at radius 1 is 1.14 bits per heavy atom. The lowest BCUT2D eigenvalue weighted by molar-refractivity contribution is -0.119. The number of carbonyl (C=O) groups excluding carboxylic acids is 1. The number of H-pyrrole nitrogens is 1. The van der Waals surface area contributed by atoms with Crippen LogP contribution in [-0.2, 0) is 11.2 Å². The number of aliphatic hydroxyl groups excluding tert-OH is 1. The van der Waals surface area contributed by atoms with E-state index >= 15 is 0 Å². The van der Waals surface area contributed by atoms with Crippen molar-refractivity contribution >= 4 is 16.8 Å². The van der Waals surface area contributed by atoms with Crippen LogP contribution in [0.3, 0.4) is 0 Å². The van der Waals surface area contributed by atoms with E-state index in [0.717, 1.165) is 39.0 Å². The Hall–Kier alpha value is -3.97. The number of aliphatic hydroxyl groups is 1. The summed E-state index contributed by atoms with van der Waals surface area (Å²) in [7, 11) is 1.62. The number of amides is 1. The zero-order valence-electron chi connectivity index (χ0n) is 19.6. The van der Waals surface area contributed by atoms with Gasteiger partial charge in [0, 0.05) is 35.2 Å². The standard InChI is InChI=1S/C28H28N2O5/c1-16(32)29-18(15-31)13-23-21-5-3-4-6-24(21)30-27(23)26-22-12-11-20(34-2)14-25(22)35-28(26)17-7-9-19(33)10-8-17/h3-12,14,18,26,28,30-31,33H,13,15H2,1-2H3,(H,29,32)/t18-,26-,28-/m0/s1. The molecule has 7 nitrogen and oxygen atoms in total. The summed E-state index contributed by atoms with van der Waals surface area (Å²) < 4.78 is 11.9.